The molecule has 56 heavy (non-hydrogen) atoms. The molecular formula is C42H70O14. The van der Waals surface area contributed by atoms with Crippen molar-refractivity contribution in [2.24, 2.45) is 11.8 Å². The molecule has 2 aliphatic rings. The molecule has 0 spiro atoms. The van der Waals surface area contributed by atoms with E-state index in [1.54, 1.807) is 13.8 Å². The van der Waals surface area contributed by atoms with Gasteiger partial charge < -0.3 is 70.0 Å². The van der Waals surface area contributed by atoms with Crippen LogP contribution in [-0.4, -0.2) is 149 Å². The van der Waals surface area contributed by atoms with E-state index in [1.807, 2.05) is 39.8 Å². The van der Waals surface area contributed by atoms with E-state index >= 15 is 0 Å². The summed E-state index contributed by atoms with van der Waals surface area (Å²) < 4.78 is 23.2. The molecule has 2 fully saturated rings. The number of aliphatic hydroxyl groups excluding tert-OH is 8. The first-order chi connectivity index (χ1) is 26.0. The first kappa shape index (κ1) is 50.0. The third kappa shape index (κ3) is 14.6. The van der Waals surface area contributed by atoms with Gasteiger partial charge in [0, 0.05) is 12.8 Å². The summed E-state index contributed by atoms with van der Waals surface area (Å²) in [6, 6.07) is 0. The molecule has 0 radical (unpaired) electrons. The van der Waals surface area contributed by atoms with Crippen molar-refractivity contribution < 1.29 is 70.0 Å². The van der Waals surface area contributed by atoms with E-state index in [-0.39, 0.29) is 24.7 Å². The molecule has 10 N–H and O–H groups in total. The number of allylic oxidation sites excluding steroid dienone is 4. The van der Waals surface area contributed by atoms with Crippen LogP contribution in [0.2, 0.25) is 0 Å². The smallest absolute Gasteiger partial charge is 0.187 e. The maximum Gasteiger partial charge on any atom is 0.187 e. The second-order valence-corrected chi connectivity index (χ2v) is 16.3. The molecule has 2 heterocycles. The van der Waals surface area contributed by atoms with Gasteiger partial charge in [0.15, 0.2) is 12.6 Å². The molecule has 0 amide bonds. The summed E-state index contributed by atoms with van der Waals surface area (Å²) in [6.07, 6.45) is -7.21. The van der Waals surface area contributed by atoms with Gasteiger partial charge >= 0.3 is 0 Å². The Bertz CT molecular complexity index is 1240. The second-order valence-electron chi connectivity index (χ2n) is 16.3. The van der Waals surface area contributed by atoms with Gasteiger partial charge in [0.05, 0.1) is 36.6 Å². The molecule has 0 saturated carbocycles. The van der Waals surface area contributed by atoms with Crippen molar-refractivity contribution in [3.05, 3.63) is 72.9 Å². The van der Waals surface area contributed by atoms with Gasteiger partial charge in [-0.3, -0.25) is 0 Å². The lowest BCUT2D eigenvalue weighted by Crippen LogP contribution is -2.59. The van der Waals surface area contributed by atoms with Crippen molar-refractivity contribution in [2.75, 3.05) is 13.2 Å². The zero-order chi connectivity index (χ0) is 42.7. The lowest BCUT2D eigenvalue weighted by molar-refractivity contribution is -0.309. The quantitative estimate of drug-likeness (QED) is 0.0665. The Balaban J connectivity index is 2.26. The Morgan fingerprint density at radius 1 is 0.607 bits per heavy atom. The summed E-state index contributed by atoms with van der Waals surface area (Å²) in [7, 11) is 0. The Kier molecular flexibility index (Phi) is 19.9. The highest BCUT2D eigenvalue weighted by Crippen LogP contribution is 2.36. The maximum atomic E-state index is 10.8. The summed E-state index contributed by atoms with van der Waals surface area (Å²) in [6.45, 7) is 25.6. The minimum absolute atomic E-state index is 0.0208. The zero-order valence-corrected chi connectivity index (χ0v) is 34.0. The molecular weight excluding hydrogens is 728 g/mol. The van der Waals surface area contributed by atoms with Crippen molar-refractivity contribution >= 4 is 0 Å². The van der Waals surface area contributed by atoms with E-state index in [1.165, 1.54) is 12.2 Å². The fourth-order valence-corrected chi connectivity index (χ4v) is 7.13. The van der Waals surface area contributed by atoms with Crippen LogP contribution in [0.15, 0.2) is 72.9 Å². The maximum absolute atomic E-state index is 10.8. The first-order valence-corrected chi connectivity index (χ1v) is 19.3. The van der Waals surface area contributed by atoms with Crippen LogP contribution in [0.25, 0.3) is 0 Å². The zero-order valence-electron chi connectivity index (χ0n) is 34.0. The molecule has 14 nitrogen and oxygen atoms in total. The highest BCUT2D eigenvalue weighted by atomic mass is 16.7. The standard InChI is InChI=1S/C42H70O14/c1-11-41(9,51)19-27(53-39-37(49)35(47)33(45)31(21-43)55-39)17-25(7)13-15-29(23(3)4)30(24(5)6)16-14-26(8)18-28(20-42(10,52)12-2)54-40-38(50)36(48)34(46)32(22-44)56-40/h11-12,17-18,27-40,43-52H,1-3,5,13-16,19-22H2,4,6-10H3/b25-17+,26-18+/t27-,28-,29-,30-,31-,32-,33-,34-,35+,36+,37-,38-,39-,40-,41-,42-/m1/s1. The summed E-state index contributed by atoms with van der Waals surface area (Å²) in [5.74, 6) is 0.0415. The molecule has 0 aromatic carbocycles. The Labute approximate surface area is 332 Å². The van der Waals surface area contributed by atoms with Gasteiger partial charge in [-0.25, -0.2) is 0 Å². The van der Waals surface area contributed by atoms with Crippen LogP contribution in [-0.2, 0) is 18.9 Å². The fraction of sp³-hybridized carbons (Fsp3) is 0.714. The van der Waals surface area contributed by atoms with Gasteiger partial charge in [0.1, 0.15) is 48.8 Å². The summed E-state index contributed by atoms with van der Waals surface area (Å²) in [4.78, 5) is 0. The number of hydrogen-bond donors (Lipinski definition) is 10. The van der Waals surface area contributed by atoms with Crippen molar-refractivity contribution in [1.29, 1.82) is 0 Å². The van der Waals surface area contributed by atoms with Gasteiger partial charge in [-0.15, -0.1) is 13.2 Å². The minimum Gasteiger partial charge on any atom is -0.394 e. The number of rotatable bonds is 23. The molecule has 322 valence electrons. The van der Waals surface area contributed by atoms with Gasteiger partial charge in [-0.05, 0) is 79.1 Å². The van der Waals surface area contributed by atoms with Crippen LogP contribution < -0.4 is 0 Å². The molecule has 0 aromatic rings. The molecule has 0 aromatic heterocycles. The topological polar surface area (TPSA) is 239 Å². The van der Waals surface area contributed by atoms with Crippen molar-refractivity contribution in [2.45, 2.75) is 165 Å². The van der Waals surface area contributed by atoms with E-state index in [9.17, 15) is 51.1 Å². The SMILES string of the molecule is C=C[C@@](C)(O)C[C@@H](/C=C(\C)CC[C@H](C(=C)C)[C@H](CC/C(C)=C/[C@H](C[C@](C)(O)C=C)O[C@@H]1O[C@H](CO)[C@@H](O)[C@H](O)[C@H]1O)C(=C)C)O[C@@H]1O[C@H](CO)[C@@H](O)[C@H](O)[C@H]1O. The lowest BCUT2D eigenvalue weighted by Gasteiger charge is -2.41. The Morgan fingerprint density at radius 2 is 0.929 bits per heavy atom. The largest absolute Gasteiger partial charge is 0.394 e. The lowest BCUT2D eigenvalue weighted by atomic mass is 9.76. The van der Waals surface area contributed by atoms with Gasteiger partial charge in [0.2, 0.25) is 0 Å². The van der Waals surface area contributed by atoms with Gasteiger partial charge in [0.25, 0.3) is 0 Å². The predicted octanol–water partition coefficient (Wildman–Crippen LogP) is 1.85. The Hall–Kier alpha value is -2.12. The first-order valence-electron chi connectivity index (χ1n) is 19.3. The van der Waals surface area contributed by atoms with Crippen LogP contribution in [0.1, 0.15) is 80.1 Å². The molecule has 0 aliphatic carbocycles. The Morgan fingerprint density at radius 3 is 1.20 bits per heavy atom. The second kappa shape index (κ2) is 22.3. The van der Waals surface area contributed by atoms with Crippen LogP contribution in [0.4, 0.5) is 0 Å². The average Bonchev–Trinajstić information content (AvgIpc) is 3.12. The highest BCUT2D eigenvalue weighted by molar-refractivity contribution is 5.14. The highest BCUT2D eigenvalue weighted by Gasteiger charge is 2.46. The predicted molar refractivity (Wildman–Crippen MR) is 211 cm³/mol. The van der Waals surface area contributed by atoms with E-state index < -0.39 is 98.0 Å². The average molecular weight is 799 g/mol. The minimum atomic E-state index is -1.62. The summed E-state index contributed by atoms with van der Waals surface area (Å²) in [5, 5.41) is 103. The molecule has 2 saturated heterocycles. The van der Waals surface area contributed by atoms with Gasteiger partial charge in [-0.1, -0.05) is 59.8 Å². The molecule has 2 rings (SSSR count). The third-order valence-electron chi connectivity index (χ3n) is 10.8. The van der Waals surface area contributed by atoms with E-state index in [2.05, 4.69) is 26.3 Å². The monoisotopic (exact) mass is 798 g/mol. The van der Waals surface area contributed by atoms with E-state index in [0.29, 0.717) is 25.7 Å². The van der Waals surface area contributed by atoms with Crippen LogP contribution in [0, 0.1) is 11.8 Å². The number of hydrogen-bond acceptors (Lipinski definition) is 14. The summed E-state index contributed by atoms with van der Waals surface area (Å²) >= 11 is 0. The molecule has 0 bridgehead atoms. The normalized spacial score (nSPS) is 33.4. The van der Waals surface area contributed by atoms with Crippen molar-refractivity contribution in [1.82, 2.24) is 0 Å². The summed E-state index contributed by atoms with van der Waals surface area (Å²) in [5.41, 5.74) is 1.03. The van der Waals surface area contributed by atoms with Crippen molar-refractivity contribution in [3.63, 3.8) is 0 Å². The van der Waals surface area contributed by atoms with Crippen molar-refractivity contribution in [3.8, 4) is 0 Å². The number of aliphatic hydroxyl groups is 10. The van der Waals surface area contributed by atoms with Crippen LogP contribution >= 0.6 is 0 Å². The van der Waals surface area contributed by atoms with Crippen LogP contribution in [0.3, 0.4) is 0 Å². The third-order valence-corrected chi connectivity index (χ3v) is 10.8. The van der Waals surface area contributed by atoms with E-state index in [4.69, 9.17) is 18.9 Å². The van der Waals surface area contributed by atoms with E-state index in [0.717, 1.165) is 22.3 Å². The molecule has 2 aliphatic heterocycles. The fourth-order valence-electron chi connectivity index (χ4n) is 7.13. The molecule has 16 atom stereocenters. The number of ether oxygens (including phenoxy) is 4. The molecule has 14 heteroatoms. The molecule has 0 unspecified atom stereocenters. The van der Waals surface area contributed by atoms with Gasteiger partial charge in [-0.2, -0.15) is 0 Å². The van der Waals surface area contributed by atoms with Crippen LogP contribution in [0.5, 0.6) is 0 Å².